The van der Waals surface area contributed by atoms with Crippen LogP contribution < -0.4 is 5.43 Å². The number of aliphatic imine (C=N–C) groups is 1. The van der Waals surface area contributed by atoms with Gasteiger partial charge in [-0.1, -0.05) is 25.6 Å². The molecule has 0 spiro atoms. The van der Waals surface area contributed by atoms with E-state index in [0.717, 1.165) is 17.7 Å². The molecule has 0 bridgehead atoms. The molecule has 0 saturated carbocycles. The number of phenolic OH excluding ortho intramolecular Hbond substituents is 1. The number of nitrogens with one attached hydrogen (secondary N) is 1. The van der Waals surface area contributed by atoms with Crippen LogP contribution in [0.4, 0.5) is 0 Å². The van der Waals surface area contributed by atoms with Gasteiger partial charge in [0.2, 0.25) is 5.17 Å². The lowest BCUT2D eigenvalue weighted by Gasteiger charge is -2.24. The Kier molecular flexibility index (Phi) is 5.05. The lowest BCUT2D eigenvalue weighted by Crippen LogP contribution is -2.41. The number of nitrogens with zero attached hydrogens (tertiary/aromatic N) is 3. The topological polar surface area (TPSA) is 119 Å². The van der Waals surface area contributed by atoms with Crippen molar-refractivity contribution >= 4 is 62.8 Å². The predicted molar refractivity (Wildman–Crippen MR) is 116 cm³/mol. The molecule has 4 rings (SSSR count). The summed E-state index contributed by atoms with van der Waals surface area (Å²) < 4.78 is 9.75. The first-order valence-electron chi connectivity index (χ1n) is 8.71. The number of carbonyl (C=O) groups excluding carboxylic acids is 1. The van der Waals surface area contributed by atoms with Gasteiger partial charge in [0.15, 0.2) is 10.6 Å². The van der Waals surface area contributed by atoms with Crippen molar-refractivity contribution in [1.29, 1.82) is 5.41 Å². The van der Waals surface area contributed by atoms with Crippen LogP contribution in [0.25, 0.3) is 17.0 Å². The van der Waals surface area contributed by atoms with E-state index in [-0.39, 0.29) is 28.1 Å². The molecule has 2 aliphatic rings. The number of aromatic hydroxyl groups is 1. The van der Waals surface area contributed by atoms with Gasteiger partial charge in [0.1, 0.15) is 23.4 Å². The quantitative estimate of drug-likeness (QED) is 0.567. The average molecular weight is 428 g/mol. The first-order chi connectivity index (χ1) is 13.8. The Bertz CT molecular complexity index is 1200. The minimum Gasteiger partial charge on any atom is -0.508 e. The van der Waals surface area contributed by atoms with Crippen molar-refractivity contribution in [3.63, 3.8) is 0 Å². The Morgan fingerprint density at radius 2 is 2.17 bits per heavy atom. The Hall–Kier alpha value is -2.85. The molecule has 0 aliphatic carbocycles. The van der Waals surface area contributed by atoms with Crippen molar-refractivity contribution < 1.29 is 14.3 Å². The normalized spacial score (nSPS) is 17.9. The molecule has 0 radical (unpaired) electrons. The van der Waals surface area contributed by atoms with E-state index in [1.54, 1.807) is 0 Å². The van der Waals surface area contributed by atoms with Crippen molar-refractivity contribution in [2.24, 2.45) is 15.3 Å². The van der Waals surface area contributed by atoms with E-state index in [0.29, 0.717) is 21.8 Å². The highest BCUT2D eigenvalue weighted by Gasteiger charge is 2.37. The second-order valence-electron chi connectivity index (χ2n) is 6.81. The van der Waals surface area contributed by atoms with Crippen LogP contribution in [-0.2, 0) is 4.79 Å². The van der Waals surface area contributed by atoms with E-state index in [4.69, 9.17) is 9.83 Å². The van der Waals surface area contributed by atoms with Crippen LogP contribution in [0, 0.1) is 11.3 Å². The van der Waals surface area contributed by atoms with Gasteiger partial charge in [0.05, 0.1) is 28.5 Å². The summed E-state index contributed by atoms with van der Waals surface area (Å²) in [5, 5.41) is 19.3. The zero-order valence-electron chi connectivity index (χ0n) is 15.5. The zero-order valence-corrected chi connectivity index (χ0v) is 17.1. The SMILES string of the molecule is CC(C)CSC1=NSC2=NC(=O)C(=Cc3coc4ccc(O)cc4c3=O)C(=N)N12. The van der Waals surface area contributed by atoms with Gasteiger partial charge in [-0.2, -0.15) is 9.39 Å². The minimum absolute atomic E-state index is 0.0269. The molecule has 3 heterocycles. The number of benzene rings is 1. The third kappa shape index (κ3) is 3.60. The highest BCUT2D eigenvalue weighted by atomic mass is 32.2. The molecule has 2 aromatic rings. The summed E-state index contributed by atoms with van der Waals surface area (Å²) in [4.78, 5) is 30.8. The van der Waals surface area contributed by atoms with Gasteiger partial charge >= 0.3 is 0 Å². The van der Waals surface area contributed by atoms with Crippen molar-refractivity contribution in [2.45, 2.75) is 13.8 Å². The maximum atomic E-state index is 12.8. The van der Waals surface area contributed by atoms with Crippen LogP contribution in [-0.4, -0.2) is 37.8 Å². The number of hydrogen-bond acceptors (Lipinski definition) is 8. The molecule has 29 heavy (non-hydrogen) atoms. The summed E-state index contributed by atoms with van der Waals surface area (Å²) >= 11 is 2.54. The molecule has 0 saturated heterocycles. The van der Waals surface area contributed by atoms with Gasteiger partial charge in [-0.25, -0.2) is 4.90 Å². The number of hydrogen-bond donors (Lipinski definition) is 2. The number of carbonyl (C=O) groups is 1. The molecule has 1 aromatic carbocycles. The second-order valence-corrected chi connectivity index (χ2v) is 8.53. The standard InChI is InChI=1S/C19H16N4O4S2/c1-9(2)8-28-19-22-29-18-21-17(26)13(16(20)23(18)19)5-10-7-27-14-4-3-11(24)6-12(14)15(10)25/h3-7,9,20,24H,8H2,1-2H3. The first-order valence-corrected chi connectivity index (χ1v) is 10.5. The van der Waals surface area contributed by atoms with Crippen LogP contribution >= 0.6 is 23.7 Å². The summed E-state index contributed by atoms with van der Waals surface area (Å²) in [5.74, 6) is 0.469. The van der Waals surface area contributed by atoms with E-state index in [1.807, 2.05) is 0 Å². The fourth-order valence-corrected chi connectivity index (χ4v) is 4.52. The summed E-state index contributed by atoms with van der Waals surface area (Å²) in [6.45, 7) is 4.16. The maximum absolute atomic E-state index is 12.8. The number of fused-ring (bicyclic) bond motifs is 2. The van der Waals surface area contributed by atoms with Crippen LogP contribution in [0.5, 0.6) is 5.75 Å². The highest BCUT2D eigenvalue weighted by molar-refractivity contribution is 8.19. The van der Waals surface area contributed by atoms with E-state index in [9.17, 15) is 14.7 Å². The highest BCUT2D eigenvalue weighted by Crippen LogP contribution is 2.32. The largest absolute Gasteiger partial charge is 0.508 e. The van der Waals surface area contributed by atoms with Gasteiger partial charge in [-0.05, 0) is 30.2 Å². The van der Waals surface area contributed by atoms with E-state index < -0.39 is 11.3 Å². The van der Waals surface area contributed by atoms with Crippen LogP contribution in [0.3, 0.4) is 0 Å². The van der Waals surface area contributed by atoms with Crippen LogP contribution in [0.2, 0.25) is 0 Å². The molecule has 2 N–H and O–H groups in total. The predicted octanol–water partition coefficient (Wildman–Crippen LogP) is 3.46. The van der Waals surface area contributed by atoms with Crippen molar-refractivity contribution in [3.05, 3.63) is 45.8 Å². The van der Waals surface area contributed by atoms with Crippen LogP contribution in [0.1, 0.15) is 19.4 Å². The summed E-state index contributed by atoms with van der Waals surface area (Å²) in [5.41, 5.74) is -0.0319. The molecule has 0 unspecified atom stereocenters. The fraction of sp³-hybridized carbons (Fsp3) is 0.211. The number of amides is 1. The van der Waals surface area contributed by atoms with E-state index in [2.05, 4.69) is 23.2 Å². The second kappa shape index (κ2) is 7.53. The monoisotopic (exact) mass is 428 g/mol. The molecule has 148 valence electrons. The zero-order chi connectivity index (χ0) is 20.7. The third-order valence-corrected chi connectivity index (χ3v) is 6.31. The van der Waals surface area contributed by atoms with Crippen LogP contribution in [0.15, 0.2) is 48.6 Å². The Morgan fingerprint density at radius 3 is 2.93 bits per heavy atom. The van der Waals surface area contributed by atoms with Gasteiger partial charge in [-0.3, -0.25) is 15.0 Å². The summed E-state index contributed by atoms with van der Waals surface area (Å²) in [6, 6.07) is 4.21. The van der Waals surface area contributed by atoms with Crippen molar-refractivity contribution in [3.8, 4) is 5.75 Å². The lowest BCUT2D eigenvalue weighted by atomic mass is 10.1. The van der Waals surface area contributed by atoms with Gasteiger partial charge in [0, 0.05) is 5.75 Å². The Morgan fingerprint density at radius 1 is 1.38 bits per heavy atom. The first kappa shape index (κ1) is 19.5. The van der Waals surface area contributed by atoms with Gasteiger partial charge in [-0.15, -0.1) is 0 Å². The molecule has 0 fully saturated rings. The van der Waals surface area contributed by atoms with Crippen molar-refractivity contribution in [2.75, 3.05) is 5.75 Å². The Labute approximate surface area is 174 Å². The van der Waals surface area contributed by atoms with E-state index in [1.165, 1.54) is 47.2 Å². The minimum atomic E-state index is -0.616. The number of phenols is 1. The molecule has 10 heteroatoms. The number of rotatable bonds is 3. The van der Waals surface area contributed by atoms with Crippen molar-refractivity contribution in [1.82, 2.24) is 4.90 Å². The molecule has 2 aliphatic heterocycles. The number of amidine groups is 3. The fourth-order valence-electron chi connectivity index (χ4n) is 2.73. The smallest absolute Gasteiger partial charge is 0.283 e. The van der Waals surface area contributed by atoms with E-state index >= 15 is 0 Å². The Balaban J connectivity index is 1.73. The molecule has 1 amide bonds. The summed E-state index contributed by atoms with van der Waals surface area (Å²) in [6.07, 6.45) is 2.53. The molecule has 1 aromatic heterocycles. The summed E-state index contributed by atoms with van der Waals surface area (Å²) in [7, 11) is 0. The number of thioether (sulfide) groups is 1. The molecular weight excluding hydrogens is 412 g/mol. The maximum Gasteiger partial charge on any atom is 0.283 e. The van der Waals surface area contributed by atoms with Gasteiger partial charge < -0.3 is 9.52 Å². The molecule has 0 atom stereocenters. The third-order valence-electron chi connectivity index (χ3n) is 4.12. The van der Waals surface area contributed by atoms with Gasteiger partial charge in [0.25, 0.3) is 5.91 Å². The average Bonchev–Trinajstić information content (AvgIpc) is 3.08. The molecule has 8 nitrogen and oxygen atoms in total. The molecular formula is C19H16N4O4S2. The lowest BCUT2D eigenvalue weighted by molar-refractivity contribution is -0.114.